The van der Waals surface area contributed by atoms with Gasteiger partial charge in [0, 0.05) is 12.4 Å². The molecule has 1 heterocycles. The van der Waals surface area contributed by atoms with Gasteiger partial charge < -0.3 is 4.84 Å². The second-order valence-corrected chi connectivity index (χ2v) is 1.86. The van der Waals surface area contributed by atoms with Gasteiger partial charge in [-0.15, -0.1) is 0 Å². The van der Waals surface area contributed by atoms with E-state index in [0.29, 0.717) is 5.56 Å². The Balaban J connectivity index is 2.98. The van der Waals surface area contributed by atoms with Gasteiger partial charge in [-0.1, -0.05) is 5.16 Å². The maximum Gasteiger partial charge on any atom is 0.189 e. The first kappa shape index (κ1) is 8.14. The van der Waals surface area contributed by atoms with E-state index < -0.39 is 0 Å². The zero-order valence-corrected chi connectivity index (χ0v) is 6.43. The molecule has 0 bridgehead atoms. The zero-order valence-electron chi connectivity index (χ0n) is 6.43. The van der Waals surface area contributed by atoms with Crippen LogP contribution >= 0.6 is 0 Å². The quantitative estimate of drug-likeness (QED) is 0.464. The van der Waals surface area contributed by atoms with Gasteiger partial charge in [0.2, 0.25) is 0 Å². The highest BCUT2D eigenvalue weighted by molar-refractivity contribution is 6.10. The molecular formula is C7H6N4O. The smallest absolute Gasteiger partial charge is 0.189 e. The van der Waals surface area contributed by atoms with Crippen LogP contribution in [0.2, 0.25) is 0 Å². The van der Waals surface area contributed by atoms with Gasteiger partial charge in [0.15, 0.2) is 5.71 Å². The Hall–Kier alpha value is -1.96. The molecule has 1 aromatic heterocycles. The molecule has 5 heteroatoms. The fourth-order valence-corrected chi connectivity index (χ4v) is 0.650. The van der Waals surface area contributed by atoms with E-state index in [1.165, 1.54) is 25.8 Å². The van der Waals surface area contributed by atoms with Crippen LogP contribution in [0.25, 0.3) is 0 Å². The Morgan fingerprint density at radius 3 is 2.75 bits per heavy atom. The van der Waals surface area contributed by atoms with Crippen LogP contribution in [0.5, 0.6) is 0 Å². The summed E-state index contributed by atoms with van der Waals surface area (Å²) in [4.78, 5) is 11.9. The molecule has 5 nitrogen and oxygen atoms in total. The van der Waals surface area contributed by atoms with Crippen molar-refractivity contribution < 1.29 is 4.84 Å². The first-order chi connectivity index (χ1) is 5.88. The monoisotopic (exact) mass is 162 g/mol. The van der Waals surface area contributed by atoms with E-state index in [2.05, 4.69) is 20.0 Å². The highest BCUT2D eigenvalue weighted by Gasteiger charge is 2.01. The summed E-state index contributed by atoms with van der Waals surface area (Å²) >= 11 is 0. The third kappa shape index (κ3) is 1.76. The number of hydrogen-bond donors (Lipinski definition) is 0. The predicted molar refractivity (Wildman–Crippen MR) is 41.2 cm³/mol. The molecule has 0 aliphatic rings. The summed E-state index contributed by atoms with van der Waals surface area (Å²) < 4.78 is 0. The number of nitrogens with zero attached hydrogens (tertiary/aromatic N) is 4. The van der Waals surface area contributed by atoms with Crippen molar-refractivity contribution in [1.29, 1.82) is 5.26 Å². The molecule has 0 amide bonds. The van der Waals surface area contributed by atoms with Crippen LogP contribution in [0.4, 0.5) is 0 Å². The van der Waals surface area contributed by atoms with Gasteiger partial charge in [0.1, 0.15) is 19.5 Å². The molecule has 1 aromatic rings. The summed E-state index contributed by atoms with van der Waals surface area (Å²) in [5, 5.41) is 12.1. The van der Waals surface area contributed by atoms with Crippen molar-refractivity contribution in [1.82, 2.24) is 9.97 Å². The molecule has 60 valence electrons. The van der Waals surface area contributed by atoms with E-state index in [1.54, 1.807) is 0 Å². The van der Waals surface area contributed by atoms with Crippen molar-refractivity contribution in [3.8, 4) is 6.07 Å². The number of aromatic nitrogens is 2. The van der Waals surface area contributed by atoms with E-state index in [0.717, 1.165) is 0 Å². The second kappa shape index (κ2) is 4.03. The van der Waals surface area contributed by atoms with Crippen LogP contribution in [-0.4, -0.2) is 22.8 Å². The minimum Gasteiger partial charge on any atom is -0.398 e. The van der Waals surface area contributed by atoms with Gasteiger partial charge in [-0.3, -0.25) is 0 Å². The number of hydrogen-bond acceptors (Lipinski definition) is 5. The summed E-state index contributed by atoms with van der Waals surface area (Å²) in [6.45, 7) is 0. The van der Waals surface area contributed by atoms with Gasteiger partial charge in [0.05, 0.1) is 5.56 Å². The lowest BCUT2D eigenvalue weighted by Crippen LogP contribution is -1.98. The molecule has 0 saturated heterocycles. The van der Waals surface area contributed by atoms with Crippen LogP contribution in [0, 0.1) is 11.3 Å². The van der Waals surface area contributed by atoms with E-state index >= 15 is 0 Å². The van der Waals surface area contributed by atoms with E-state index in [-0.39, 0.29) is 5.71 Å². The van der Waals surface area contributed by atoms with Gasteiger partial charge in [-0.2, -0.15) is 5.26 Å². The van der Waals surface area contributed by atoms with Gasteiger partial charge >= 0.3 is 0 Å². The van der Waals surface area contributed by atoms with Crippen molar-refractivity contribution in [3.05, 3.63) is 24.3 Å². The summed E-state index contributed by atoms with van der Waals surface area (Å²) in [7, 11) is 1.38. The fraction of sp³-hybridized carbons (Fsp3) is 0.143. The molecule has 0 radical (unpaired) electrons. The fourth-order valence-electron chi connectivity index (χ4n) is 0.650. The van der Waals surface area contributed by atoms with Gasteiger partial charge in [-0.25, -0.2) is 9.97 Å². The van der Waals surface area contributed by atoms with E-state index in [9.17, 15) is 0 Å². The lowest BCUT2D eigenvalue weighted by Gasteiger charge is -1.93. The topological polar surface area (TPSA) is 71.2 Å². The summed E-state index contributed by atoms with van der Waals surface area (Å²) in [6, 6.07) is 1.86. The second-order valence-electron chi connectivity index (χ2n) is 1.86. The molecule has 0 saturated carbocycles. The van der Waals surface area contributed by atoms with Crippen molar-refractivity contribution in [2.45, 2.75) is 0 Å². The Morgan fingerprint density at radius 2 is 2.25 bits per heavy atom. The minimum atomic E-state index is 0.165. The third-order valence-corrected chi connectivity index (χ3v) is 1.12. The lowest BCUT2D eigenvalue weighted by molar-refractivity contribution is 0.214. The van der Waals surface area contributed by atoms with Crippen molar-refractivity contribution >= 4 is 5.71 Å². The molecule has 1 rings (SSSR count). The number of rotatable bonds is 2. The predicted octanol–water partition coefficient (Wildman–Crippen LogP) is 0.351. The number of nitriles is 1. The Kier molecular flexibility index (Phi) is 2.73. The minimum absolute atomic E-state index is 0.165. The highest BCUT2D eigenvalue weighted by atomic mass is 16.6. The molecule has 0 aliphatic heterocycles. The summed E-state index contributed by atoms with van der Waals surface area (Å²) in [5.74, 6) is 0. The van der Waals surface area contributed by atoms with Crippen LogP contribution < -0.4 is 0 Å². The third-order valence-electron chi connectivity index (χ3n) is 1.12. The largest absolute Gasteiger partial charge is 0.398 e. The standard InChI is InChI=1S/C7H6N4O/c1-12-11-7(2-8)6-3-9-5-10-4-6/h3-5H,1H3/b11-7-. The first-order valence-corrected chi connectivity index (χ1v) is 3.15. The van der Waals surface area contributed by atoms with Gasteiger partial charge in [0.25, 0.3) is 0 Å². The molecule has 0 spiro atoms. The van der Waals surface area contributed by atoms with Crippen LogP contribution in [0.3, 0.4) is 0 Å². The molecule has 0 fully saturated rings. The Morgan fingerprint density at radius 1 is 1.58 bits per heavy atom. The summed E-state index contributed by atoms with van der Waals surface area (Å²) in [6.07, 6.45) is 4.37. The molecule has 0 aliphatic carbocycles. The SMILES string of the molecule is CO/N=C(/C#N)c1cncnc1. The van der Waals surface area contributed by atoms with E-state index in [1.807, 2.05) is 6.07 Å². The average Bonchev–Trinajstić information content (AvgIpc) is 2.15. The van der Waals surface area contributed by atoms with Crippen molar-refractivity contribution in [2.75, 3.05) is 7.11 Å². The van der Waals surface area contributed by atoms with Gasteiger partial charge in [-0.05, 0) is 0 Å². The lowest BCUT2D eigenvalue weighted by atomic mass is 10.2. The van der Waals surface area contributed by atoms with Crippen LogP contribution in [-0.2, 0) is 4.84 Å². The molecule has 12 heavy (non-hydrogen) atoms. The van der Waals surface area contributed by atoms with Crippen LogP contribution in [0.15, 0.2) is 23.9 Å². The molecule has 0 unspecified atom stereocenters. The van der Waals surface area contributed by atoms with Crippen molar-refractivity contribution in [2.24, 2.45) is 5.16 Å². The molecule has 0 aromatic carbocycles. The number of oxime groups is 1. The zero-order chi connectivity index (χ0) is 8.81. The van der Waals surface area contributed by atoms with Crippen molar-refractivity contribution in [3.63, 3.8) is 0 Å². The molecule has 0 N–H and O–H groups in total. The van der Waals surface area contributed by atoms with E-state index in [4.69, 9.17) is 5.26 Å². The van der Waals surface area contributed by atoms with Crippen LogP contribution in [0.1, 0.15) is 5.56 Å². The Bertz CT molecular complexity index is 314. The summed E-state index contributed by atoms with van der Waals surface area (Å²) in [5.41, 5.74) is 0.708. The maximum absolute atomic E-state index is 8.59. The molecule has 0 atom stereocenters. The maximum atomic E-state index is 8.59. The Labute approximate surface area is 69.3 Å². The normalized spacial score (nSPS) is 10.5. The highest BCUT2D eigenvalue weighted by Crippen LogP contribution is 1.95. The first-order valence-electron chi connectivity index (χ1n) is 3.15. The molecular weight excluding hydrogens is 156 g/mol. The average molecular weight is 162 g/mol.